The molecule has 5 heteroatoms. The van der Waals surface area contributed by atoms with E-state index in [0.29, 0.717) is 0 Å². The first-order valence-corrected chi connectivity index (χ1v) is 5.85. The molecule has 1 unspecified atom stereocenters. The van der Waals surface area contributed by atoms with Crippen LogP contribution in [0.3, 0.4) is 0 Å². The molecule has 0 spiro atoms. The predicted molar refractivity (Wildman–Crippen MR) is 64.6 cm³/mol. The van der Waals surface area contributed by atoms with E-state index in [-0.39, 0.29) is 6.04 Å². The fraction of sp³-hybridized carbons (Fsp3) is 0.500. The third kappa shape index (κ3) is 2.55. The second-order valence-corrected chi connectivity index (χ2v) is 4.16. The SMILES string of the molecule is CCCNC(c1coc(C)c1)c1cnnn1C. The zero-order valence-electron chi connectivity index (χ0n) is 10.5. The van der Waals surface area contributed by atoms with Gasteiger partial charge in [0.1, 0.15) is 5.76 Å². The van der Waals surface area contributed by atoms with Gasteiger partial charge in [0.15, 0.2) is 0 Å². The molecule has 2 aromatic rings. The lowest BCUT2D eigenvalue weighted by atomic mass is 10.1. The van der Waals surface area contributed by atoms with Crippen LogP contribution in [0.4, 0.5) is 0 Å². The summed E-state index contributed by atoms with van der Waals surface area (Å²) < 4.78 is 7.16. The monoisotopic (exact) mass is 234 g/mol. The Morgan fingerprint density at radius 1 is 1.53 bits per heavy atom. The number of furan rings is 1. The molecular weight excluding hydrogens is 216 g/mol. The lowest BCUT2D eigenvalue weighted by molar-refractivity contribution is 0.515. The standard InChI is InChI=1S/C12H18N4O/c1-4-5-13-12(10-6-9(2)17-8-10)11-7-14-15-16(11)3/h6-8,12-13H,4-5H2,1-3H3. The quantitative estimate of drug-likeness (QED) is 0.857. The zero-order chi connectivity index (χ0) is 12.3. The summed E-state index contributed by atoms with van der Waals surface area (Å²) in [6.07, 6.45) is 4.66. The van der Waals surface area contributed by atoms with Crippen LogP contribution in [0.2, 0.25) is 0 Å². The summed E-state index contributed by atoms with van der Waals surface area (Å²) in [6, 6.07) is 2.13. The second kappa shape index (κ2) is 5.14. The first-order valence-electron chi connectivity index (χ1n) is 5.85. The number of hydrogen-bond acceptors (Lipinski definition) is 4. The second-order valence-electron chi connectivity index (χ2n) is 4.16. The van der Waals surface area contributed by atoms with Gasteiger partial charge in [-0.05, 0) is 26.0 Å². The van der Waals surface area contributed by atoms with Crippen molar-refractivity contribution in [3.8, 4) is 0 Å². The molecule has 0 aromatic carbocycles. The molecule has 1 atom stereocenters. The molecule has 0 aliphatic carbocycles. The number of aryl methyl sites for hydroxylation is 2. The average molecular weight is 234 g/mol. The summed E-state index contributed by atoms with van der Waals surface area (Å²) in [6.45, 7) is 5.04. The first kappa shape index (κ1) is 11.9. The lowest BCUT2D eigenvalue weighted by Crippen LogP contribution is -2.24. The largest absolute Gasteiger partial charge is 0.469 e. The fourth-order valence-corrected chi connectivity index (χ4v) is 1.86. The van der Waals surface area contributed by atoms with Gasteiger partial charge in [-0.15, -0.1) is 5.10 Å². The number of hydrogen-bond donors (Lipinski definition) is 1. The summed E-state index contributed by atoms with van der Waals surface area (Å²) in [7, 11) is 1.90. The van der Waals surface area contributed by atoms with E-state index in [4.69, 9.17) is 4.42 Å². The van der Waals surface area contributed by atoms with Crippen LogP contribution in [0.25, 0.3) is 0 Å². The summed E-state index contributed by atoms with van der Waals surface area (Å²) in [5.74, 6) is 0.915. The van der Waals surface area contributed by atoms with E-state index in [1.807, 2.05) is 20.0 Å². The molecule has 5 nitrogen and oxygen atoms in total. The van der Waals surface area contributed by atoms with Crippen molar-refractivity contribution in [2.75, 3.05) is 6.54 Å². The predicted octanol–water partition coefficient (Wildman–Crippen LogP) is 1.81. The maximum atomic E-state index is 5.37. The van der Waals surface area contributed by atoms with Crippen LogP contribution < -0.4 is 5.32 Å². The highest BCUT2D eigenvalue weighted by atomic mass is 16.3. The minimum atomic E-state index is 0.0902. The van der Waals surface area contributed by atoms with Crippen LogP contribution in [0, 0.1) is 6.92 Å². The summed E-state index contributed by atoms with van der Waals surface area (Å²) >= 11 is 0. The van der Waals surface area contributed by atoms with E-state index in [1.54, 1.807) is 17.1 Å². The van der Waals surface area contributed by atoms with E-state index in [0.717, 1.165) is 30.0 Å². The van der Waals surface area contributed by atoms with Gasteiger partial charge in [-0.1, -0.05) is 12.1 Å². The molecule has 2 aromatic heterocycles. The van der Waals surface area contributed by atoms with Crippen LogP contribution >= 0.6 is 0 Å². The minimum Gasteiger partial charge on any atom is -0.469 e. The number of nitrogens with zero attached hydrogens (tertiary/aromatic N) is 3. The number of rotatable bonds is 5. The molecule has 0 saturated heterocycles. The fourth-order valence-electron chi connectivity index (χ4n) is 1.86. The van der Waals surface area contributed by atoms with Crippen molar-refractivity contribution in [2.24, 2.45) is 7.05 Å². The van der Waals surface area contributed by atoms with Crippen LogP contribution in [0.1, 0.15) is 36.4 Å². The van der Waals surface area contributed by atoms with Crippen LogP contribution in [0.15, 0.2) is 22.9 Å². The molecule has 0 bridgehead atoms. The molecule has 0 aliphatic heterocycles. The van der Waals surface area contributed by atoms with E-state index >= 15 is 0 Å². The highest BCUT2D eigenvalue weighted by molar-refractivity contribution is 5.24. The molecule has 2 heterocycles. The normalized spacial score (nSPS) is 12.9. The van der Waals surface area contributed by atoms with Crippen molar-refractivity contribution < 1.29 is 4.42 Å². The van der Waals surface area contributed by atoms with Gasteiger partial charge in [-0.3, -0.25) is 4.68 Å². The molecular formula is C12H18N4O. The lowest BCUT2D eigenvalue weighted by Gasteiger charge is -2.16. The van der Waals surface area contributed by atoms with Crippen molar-refractivity contribution in [3.05, 3.63) is 35.5 Å². The Morgan fingerprint density at radius 2 is 2.35 bits per heavy atom. The zero-order valence-corrected chi connectivity index (χ0v) is 10.5. The Labute approximate surface area is 101 Å². The smallest absolute Gasteiger partial charge is 0.101 e. The molecule has 2 rings (SSSR count). The van der Waals surface area contributed by atoms with Gasteiger partial charge in [0.2, 0.25) is 0 Å². The molecule has 0 saturated carbocycles. The molecule has 0 aliphatic rings. The van der Waals surface area contributed by atoms with Gasteiger partial charge >= 0.3 is 0 Å². The molecule has 17 heavy (non-hydrogen) atoms. The summed E-state index contributed by atoms with van der Waals surface area (Å²) in [5, 5.41) is 11.4. The van der Waals surface area contributed by atoms with Gasteiger partial charge in [-0.2, -0.15) is 0 Å². The Balaban J connectivity index is 2.28. The number of aromatic nitrogens is 3. The summed E-state index contributed by atoms with van der Waals surface area (Å²) in [5.41, 5.74) is 2.15. The van der Waals surface area contributed by atoms with E-state index in [2.05, 4.69) is 22.6 Å². The van der Waals surface area contributed by atoms with Crippen molar-refractivity contribution in [1.82, 2.24) is 20.3 Å². The molecule has 0 radical (unpaired) electrons. The van der Waals surface area contributed by atoms with Gasteiger partial charge in [0, 0.05) is 12.6 Å². The Bertz CT molecular complexity index is 474. The number of nitrogens with one attached hydrogen (secondary N) is 1. The van der Waals surface area contributed by atoms with Gasteiger partial charge in [0.25, 0.3) is 0 Å². The maximum Gasteiger partial charge on any atom is 0.101 e. The average Bonchev–Trinajstić information content (AvgIpc) is 2.90. The van der Waals surface area contributed by atoms with E-state index < -0.39 is 0 Å². The maximum absolute atomic E-state index is 5.37. The first-order chi connectivity index (χ1) is 8.22. The van der Waals surface area contributed by atoms with Crippen LogP contribution in [-0.2, 0) is 7.05 Å². The van der Waals surface area contributed by atoms with Crippen LogP contribution in [0.5, 0.6) is 0 Å². The Morgan fingerprint density at radius 3 is 2.88 bits per heavy atom. The molecule has 0 amide bonds. The van der Waals surface area contributed by atoms with Crippen molar-refractivity contribution in [3.63, 3.8) is 0 Å². The van der Waals surface area contributed by atoms with Crippen molar-refractivity contribution in [2.45, 2.75) is 26.3 Å². The van der Waals surface area contributed by atoms with Gasteiger partial charge in [0.05, 0.1) is 24.2 Å². The molecule has 92 valence electrons. The Kier molecular flexibility index (Phi) is 3.58. The van der Waals surface area contributed by atoms with Crippen LogP contribution in [-0.4, -0.2) is 21.5 Å². The highest BCUT2D eigenvalue weighted by Crippen LogP contribution is 2.22. The van der Waals surface area contributed by atoms with Crippen molar-refractivity contribution >= 4 is 0 Å². The van der Waals surface area contributed by atoms with Gasteiger partial charge in [-0.25, -0.2) is 0 Å². The van der Waals surface area contributed by atoms with Crippen molar-refractivity contribution in [1.29, 1.82) is 0 Å². The van der Waals surface area contributed by atoms with E-state index in [1.165, 1.54) is 0 Å². The highest BCUT2D eigenvalue weighted by Gasteiger charge is 2.18. The molecule has 0 fully saturated rings. The third-order valence-corrected chi connectivity index (χ3v) is 2.73. The molecule has 1 N–H and O–H groups in total. The summed E-state index contributed by atoms with van der Waals surface area (Å²) in [4.78, 5) is 0. The topological polar surface area (TPSA) is 55.9 Å². The van der Waals surface area contributed by atoms with Gasteiger partial charge < -0.3 is 9.73 Å². The minimum absolute atomic E-state index is 0.0902. The Hall–Kier alpha value is -1.62. The third-order valence-electron chi connectivity index (χ3n) is 2.73. The van der Waals surface area contributed by atoms with E-state index in [9.17, 15) is 0 Å².